The molecule has 1 nitrogen and oxygen atoms in total. The Kier molecular flexibility index (Phi) is 2.96. The van der Waals surface area contributed by atoms with E-state index in [1.165, 1.54) is 44.2 Å². The molecule has 0 amide bonds. The van der Waals surface area contributed by atoms with E-state index < -0.39 is 0 Å². The van der Waals surface area contributed by atoms with Crippen molar-refractivity contribution in [1.29, 1.82) is 0 Å². The van der Waals surface area contributed by atoms with Gasteiger partial charge in [0.25, 0.3) is 0 Å². The van der Waals surface area contributed by atoms with Crippen LogP contribution in [0.1, 0.15) is 38.2 Å². The van der Waals surface area contributed by atoms with Crippen LogP contribution in [-0.2, 0) is 6.42 Å². The average Bonchev–Trinajstić information content (AvgIpc) is 3.24. The third-order valence-corrected chi connectivity index (χ3v) is 4.60. The Balaban J connectivity index is 1.43. The van der Waals surface area contributed by atoms with Crippen molar-refractivity contribution in [1.82, 2.24) is 5.32 Å². The minimum absolute atomic E-state index is 0.623. The number of hydrogen-bond acceptors (Lipinski definition) is 1. The van der Waals surface area contributed by atoms with E-state index in [0.717, 1.165) is 12.0 Å². The van der Waals surface area contributed by atoms with Crippen LogP contribution in [0.15, 0.2) is 30.3 Å². The second-order valence-corrected chi connectivity index (χ2v) is 6.22. The van der Waals surface area contributed by atoms with Gasteiger partial charge in [-0.3, -0.25) is 0 Å². The minimum atomic E-state index is 0.623. The topological polar surface area (TPSA) is 12.0 Å². The van der Waals surface area contributed by atoms with Gasteiger partial charge in [0, 0.05) is 6.04 Å². The van der Waals surface area contributed by atoms with Crippen molar-refractivity contribution in [2.24, 2.45) is 11.3 Å². The van der Waals surface area contributed by atoms with E-state index in [2.05, 4.69) is 42.6 Å². The van der Waals surface area contributed by atoms with Gasteiger partial charge in [0.05, 0.1) is 0 Å². The number of nitrogens with one attached hydrogen (secondary N) is 1. The van der Waals surface area contributed by atoms with Gasteiger partial charge in [0.2, 0.25) is 0 Å². The predicted molar refractivity (Wildman–Crippen MR) is 72.0 cm³/mol. The molecule has 3 rings (SSSR count). The molecule has 0 saturated heterocycles. The molecule has 0 aliphatic heterocycles. The van der Waals surface area contributed by atoms with Crippen LogP contribution in [0.4, 0.5) is 0 Å². The smallest absolute Gasteiger partial charge is 0.00683 e. The summed E-state index contributed by atoms with van der Waals surface area (Å²) in [7, 11) is 0. The SMILES string of the molecule is CC1(CCc2ccccc2)CC1CNC1CC1. The van der Waals surface area contributed by atoms with E-state index in [9.17, 15) is 0 Å². The standard InChI is InChI=1S/C16H23N/c1-16(10-9-13-5-3-2-4-6-13)11-14(16)12-17-15-7-8-15/h2-6,14-15,17H,7-12H2,1H3. The van der Waals surface area contributed by atoms with Gasteiger partial charge in [0.15, 0.2) is 0 Å². The first-order valence-corrected chi connectivity index (χ1v) is 7.04. The summed E-state index contributed by atoms with van der Waals surface area (Å²) in [6, 6.07) is 11.8. The molecule has 1 aromatic rings. The fraction of sp³-hybridized carbons (Fsp3) is 0.625. The molecule has 2 unspecified atom stereocenters. The van der Waals surface area contributed by atoms with Gasteiger partial charge in [0.1, 0.15) is 0 Å². The van der Waals surface area contributed by atoms with Crippen molar-refractivity contribution in [3.8, 4) is 0 Å². The summed E-state index contributed by atoms with van der Waals surface area (Å²) in [4.78, 5) is 0. The maximum atomic E-state index is 3.67. The molecule has 0 spiro atoms. The maximum absolute atomic E-state index is 3.67. The van der Waals surface area contributed by atoms with Crippen molar-refractivity contribution in [3.63, 3.8) is 0 Å². The monoisotopic (exact) mass is 229 g/mol. The van der Waals surface area contributed by atoms with Crippen LogP contribution in [0.2, 0.25) is 0 Å². The van der Waals surface area contributed by atoms with Crippen LogP contribution in [0, 0.1) is 11.3 Å². The Morgan fingerprint density at radius 1 is 1.24 bits per heavy atom. The Hall–Kier alpha value is -0.820. The minimum Gasteiger partial charge on any atom is -0.314 e. The summed E-state index contributed by atoms with van der Waals surface area (Å²) in [6.07, 6.45) is 6.85. The van der Waals surface area contributed by atoms with Crippen LogP contribution >= 0.6 is 0 Å². The van der Waals surface area contributed by atoms with Gasteiger partial charge >= 0.3 is 0 Å². The Morgan fingerprint density at radius 3 is 2.71 bits per heavy atom. The highest BCUT2D eigenvalue weighted by molar-refractivity contribution is 5.16. The highest BCUT2D eigenvalue weighted by atomic mass is 15.0. The summed E-state index contributed by atoms with van der Waals surface area (Å²) in [5.74, 6) is 0.937. The Morgan fingerprint density at radius 2 is 2.00 bits per heavy atom. The zero-order valence-corrected chi connectivity index (χ0v) is 10.8. The molecule has 0 radical (unpaired) electrons. The van der Waals surface area contributed by atoms with Crippen LogP contribution in [-0.4, -0.2) is 12.6 Å². The average molecular weight is 229 g/mol. The highest BCUT2D eigenvalue weighted by Gasteiger charge is 2.48. The molecule has 17 heavy (non-hydrogen) atoms. The number of rotatable bonds is 6. The van der Waals surface area contributed by atoms with Gasteiger partial charge < -0.3 is 5.32 Å². The van der Waals surface area contributed by atoms with Gasteiger partial charge in [-0.1, -0.05) is 37.3 Å². The number of aryl methyl sites for hydroxylation is 1. The quantitative estimate of drug-likeness (QED) is 0.788. The van der Waals surface area contributed by atoms with Gasteiger partial charge in [-0.15, -0.1) is 0 Å². The zero-order chi connectivity index (χ0) is 11.7. The number of hydrogen-bond donors (Lipinski definition) is 1. The highest BCUT2D eigenvalue weighted by Crippen LogP contribution is 2.55. The van der Waals surface area contributed by atoms with E-state index in [-0.39, 0.29) is 0 Å². The molecule has 92 valence electrons. The molecule has 0 aromatic heterocycles. The number of benzene rings is 1. The van der Waals surface area contributed by atoms with Gasteiger partial charge in [-0.25, -0.2) is 0 Å². The van der Waals surface area contributed by atoms with Crippen molar-refractivity contribution < 1.29 is 0 Å². The van der Waals surface area contributed by atoms with Crippen LogP contribution in [0.25, 0.3) is 0 Å². The second-order valence-electron chi connectivity index (χ2n) is 6.22. The lowest BCUT2D eigenvalue weighted by Gasteiger charge is -2.11. The molecular formula is C16H23N. The molecule has 2 aliphatic rings. The normalized spacial score (nSPS) is 31.5. The first-order valence-electron chi connectivity index (χ1n) is 7.04. The Labute approximate surface area is 105 Å². The van der Waals surface area contributed by atoms with Gasteiger partial charge in [-0.2, -0.15) is 0 Å². The molecular weight excluding hydrogens is 206 g/mol. The van der Waals surface area contributed by atoms with Crippen molar-refractivity contribution in [3.05, 3.63) is 35.9 Å². The van der Waals surface area contributed by atoms with E-state index in [1.807, 2.05) is 0 Å². The molecule has 2 aliphatic carbocycles. The van der Waals surface area contributed by atoms with E-state index in [0.29, 0.717) is 5.41 Å². The molecule has 2 fully saturated rings. The van der Waals surface area contributed by atoms with Crippen LogP contribution in [0.5, 0.6) is 0 Å². The van der Waals surface area contributed by atoms with E-state index in [1.54, 1.807) is 0 Å². The lowest BCUT2D eigenvalue weighted by Crippen LogP contribution is -2.21. The summed E-state index contributed by atoms with van der Waals surface area (Å²) >= 11 is 0. The lowest BCUT2D eigenvalue weighted by molar-refractivity contribution is 0.444. The molecule has 1 N–H and O–H groups in total. The summed E-state index contributed by atoms with van der Waals surface area (Å²) in [6.45, 7) is 3.73. The fourth-order valence-electron chi connectivity index (χ4n) is 2.80. The largest absolute Gasteiger partial charge is 0.314 e. The first kappa shape index (κ1) is 11.3. The summed E-state index contributed by atoms with van der Waals surface area (Å²) < 4.78 is 0. The molecule has 2 saturated carbocycles. The van der Waals surface area contributed by atoms with E-state index >= 15 is 0 Å². The first-order chi connectivity index (χ1) is 8.26. The molecule has 1 aromatic carbocycles. The summed E-state index contributed by atoms with van der Waals surface area (Å²) in [5, 5.41) is 3.67. The maximum Gasteiger partial charge on any atom is 0.00683 e. The Bertz CT molecular complexity index is 368. The molecule has 0 bridgehead atoms. The fourth-order valence-corrected chi connectivity index (χ4v) is 2.80. The zero-order valence-electron chi connectivity index (χ0n) is 10.8. The third-order valence-electron chi connectivity index (χ3n) is 4.60. The van der Waals surface area contributed by atoms with E-state index in [4.69, 9.17) is 0 Å². The molecule has 0 heterocycles. The van der Waals surface area contributed by atoms with Crippen LogP contribution < -0.4 is 5.32 Å². The molecule has 2 atom stereocenters. The second kappa shape index (κ2) is 4.45. The lowest BCUT2D eigenvalue weighted by atomic mass is 9.96. The van der Waals surface area contributed by atoms with Crippen LogP contribution in [0.3, 0.4) is 0 Å². The molecule has 1 heteroatoms. The predicted octanol–water partition coefficient (Wildman–Crippen LogP) is 3.40. The summed E-state index contributed by atoms with van der Waals surface area (Å²) in [5.41, 5.74) is 2.12. The third kappa shape index (κ3) is 2.90. The van der Waals surface area contributed by atoms with Crippen molar-refractivity contribution in [2.45, 2.75) is 45.1 Å². The van der Waals surface area contributed by atoms with Gasteiger partial charge in [-0.05, 0) is 55.5 Å². The van der Waals surface area contributed by atoms with Crippen molar-refractivity contribution in [2.75, 3.05) is 6.54 Å². The van der Waals surface area contributed by atoms with Crippen molar-refractivity contribution >= 4 is 0 Å².